The highest BCUT2D eigenvalue weighted by Crippen LogP contribution is 2.01. The first-order valence-electron chi connectivity index (χ1n) is 4.37. The number of hydrogen-bond donors (Lipinski definition) is 2. The summed E-state index contributed by atoms with van der Waals surface area (Å²) in [4.78, 5) is 10.2. The van der Waals surface area contributed by atoms with Gasteiger partial charge in [-0.3, -0.25) is 4.79 Å². The second kappa shape index (κ2) is 8.84. The van der Waals surface area contributed by atoms with Crippen molar-refractivity contribution >= 4 is 5.97 Å². The number of carboxylic acids is 1. The Morgan fingerprint density at radius 1 is 1.46 bits per heavy atom. The van der Waals surface area contributed by atoms with Gasteiger partial charge in [0.25, 0.3) is 0 Å². The summed E-state index contributed by atoms with van der Waals surface area (Å²) in [5, 5.41) is 8.37. The third-order valence-electron chi connectivity index (χ3n) is 1.18. The van der Waals surface area contributed by atoms with Crippen LogP contribution >= 0.6 is 0 Å². The lowest BCUT2D eigenvalue weighted by atomic mass is 10.2. The molecule has 0 heterocycles. The van der Waals surface area contributed by atoms with Gasteiger partial charge in [-0.1, -0.05) is 25.5 Å². The molecule has 0 radical (unpaired) electrons. The molecule has 76 valence electrons. The minimum Gasteiger partial charge on any atom is -0.481 e. The molecule has 0 aromatic heterocycles. The molecule has 0 saturated carbocycles. The highest BCUT2D eigenvalue weighted by molar-refractivity contribution is 5.70. The number of carbonyl (C=O) groups is 1. The van der Waals surface area contributed by atoms with Gasteiger partial charge in [0.05, 0.1) is 6.42 Å². The summed E-state index contributed by atoms with van der Waals surface area (Å²) in [5.41, 5.74) is 6.80. The maximum Gasteiger partial charge on any atom is 0.307 e. The van der Waals surface area contributed by atoms with Crippen molar-refractivity contribution in [3.63, 3.8) is 0 Å². The van der Waals surface area contributed by atoms with E-state index in [0.29, 0.717) is 5.70 Å². The molecule has 0 fully saturated rings. The summed E-state index contributed by atoms with van der Waals surface area (Å²) in [6.07, 6.45) is 3.44. The molecule has 0 atom stereocenters. The van der Waals surface area contributed by atoms with Gasteiger partial charge in [0, 0.05) is 5.70 Å². The molecule has 0 aliphatic carbocycles. The van der Waals surface area contributed by atoms with E-state index < -0.39 is 5.97 Å². The van der Waals surface area contributed by atoms with Crippen LogP contribution in [-0.2, 0) is 4.79 Å². The largest absolute Gasteiger partial charge is 0.481 e. The molecule has 0 unspecified atom stereocenters. The molecule has 13 heavy (non-hydrogen) atoms. The predicted octanol–water partition coefficient (Wildman–Crippen LogP) is 2.30. The zero-order valence-corrected chi connectivity index (χ0v) is 8.79. The summed E-state index contributed by atoms with van der Waals surface area (Å²) >= 11 is 0. The molecule has 3 nitrogen and oxygen atoms in total. The third-order valence-corrected chi connectivity index (χ3v) is 1.18. The van der Waals surface area contributed by atoms with E-state index in [1.165, 1.54) is 0 Å². The Morgan fingerprint density at radius 2 is 1.92 bits per heavy atom. The van der Waals surface area contributed by atoms with Crippen molar-refractivity contribution in [2.75, 3.05) is 0 Å². The third kappa shape index (κ3) is 10.8. The number of aliphatic carboxylic acids is 1. The van der Waals surface area contributed by atoms with Crippen LogP contribution in [0.15, 0.2) is 23.4 Å². The smallest absolute Gasteiger partial charge is 0.307 e. The summed E-state index contributed by atoms with van der Waals surface area (Å²) in [7, 11) is 0. The van der Waals surface area contributed by atoms with Gasteiger partial charge in [-0.15, -0.1) is 0 Å². The first-order chi connectivity index (χ1) is 6.06. The zero-order valence-electron chi connectivity index (χ0n) is 8.79. The van der Waals surface area contributed by atoms with Crippen molar-refractivity contribution in [2.45, 2.75) is 34.1 Å². The molecule has 0 spiro atoms. The van der Waals surface area contributed by atoms with E-state index in [2.05, 4.69) is 0 Å². The van der Waals surface area contributed by atoms with Gasteiger partial charge in [-0.05, 0) is 19.9 Å². The molecule has 0 bridgehead atoms. The second-order valence-corrected chi connectivity index (χ2v) is 2.35. The minimum absolute atomic E-state index is 0.0501. The van der Waals surface area contributed by atoms with Gasteiger partial charge in [-0.25, -0.2) is 0 Å². The molecule has 0 aliphatic heterocycles. The van der Waals surface area contributed by atoms with E-state index in [4.69, 9.17) is 10.8 Å². The molecular weight excluding hydrogens is 166 g/mol. The Labute approximate surface area is 79.9 Å². The Morgan fingerprint density at radius 3 is 2.23 bits per heavy atom. The van der Waals surface area contributed by atoms with Gasteiger partial charge in [0.15, 0.2) is 0 Å². The van der Waals surface area contributed by atoms with E-state index >= 15 is 0 Å². The first-order valence-corrected chi connectivity index (χ1v) is 4.37. The minimum atomic E-state index is -0.831. The molecule has 3 N–H and O–H groups in total. The average molecular weight is 185 g/mol. The summed E-state index contributed by atoms with van der Waals surface area (Å²) in [6.45, 7) is 7.55. The van der Waals surface area contributed by atoms with Gasteiger partial charge in [0.1, 0.15) is 0 Å². The van der Waals surface area contributed by atoms with Crippen LogP contribution in [0.5, 0.6) is 0 Å². The number of allylic oxidation sites excluding steroid dienone is 2. The lowest BCUT2D eigenvalue weighted by Gasteiger charge is -1.95. The zero-order chi connectivity index (χ0) is 10.9. The fourth-order valence-corrected chi connectivity index (χ4v) is 0.657. The molecular formula is C10H19NO2. The van der Waals surface area contributed by atoms with Crippen LogP contribution in [0, 0.1) is 0 Å². The fourth-order valence-electron chi connectivity index (χ4n) is 0.657. The highest BCUT2D eigenvalue weighted by Gasteiger charge is 1.97. The van der Waals surface area contributed by atoms with Crippen LogP contribution in [0.2, 0.25) is 0 Å². The lowest BCUT2D eigenvalue weighted by molar-refractivity contribution is -0.136. The van der Waals surface area contributed by atoms with Crippen LogP contribution in [-0.4, -0.2) is 11.1 Å². The maximum absolute atomic E-state index is 10.2. The van der Waals surface area contributed by atoms with E-state index in [1.54, 1.807) is 26.0 Å². The van der Waals surface area contributed by atoms with E-state index in [1.807, 2.05) is 13.8 Å². The number of rotatable bonds is 3. The lowest BCUT2D eigenvalue weighted by Crippen LogP contribution is -1.98. The van der Waals surface area contributed by atoms with Gasteiger partial charge >= 0.3 is 5.97 Å². The Kier molecular flexibility index (Phi) is 9.72. The maximum atomic E-state index is 10.2. The normalized spacial score (nSPS) is 11.7. The predicted molar refractivity (Wildman–Crippen MR) is 55.3 cm³/mol. The van der Waals surface area contributed by atoms with Gasteiger partial charge in [0.2, 0.25) is 0 Å². The van der Waals surface area contributed by atoms with E-state index in [-0.39, 0.29) is 6.42 Å². The Hall–Kier alpha value is -1.25. The summed E-state index contributed by atoms with van der Waals surface area (Å²) in [6, 6.07) is 0. The standard InChI is InChI=1S/C8H13NO2.C2H6/c1-3-7(9)4-6(2)5-8(10)11;1-2/h3-4H,5,9H2,1-2H3,(H,10,11);1-2H3/b6-4+,7-3+;. The van der Waals surface area contributed by atoms with Crippen LogP contribution in [0.3, 0.4) is 0 Å². The summed E-state index contributed by atoms with van der Waals surface area (Å²) in [5.74, 6) is -0.831. The highest BCUT2D eigenvalue weighted by atomic mass is 16.4. The molecule has 0 amide bonds. The van der Waals surface area contributed by atoms with Gasteiger partial charge in [-0.2, -0.15) is 0 Å². The monoisotopic (exact) mass is 185 g/mol. The van der Waals surface area contributed by atoms with Crippen molar-refractivity contribution in [3.8, 4) is 0 Å². The van der Waals surface area contributed by atoms with Crippen molar-refractivity contribution in [2.24, 2.45) is 5.73 Å². The van der Waals surface area contributed by atoms with Crippen molar-refractivity contribution in [1.82, 2.24) is 0 Å². The van der Waals surface area contributed by atoms with Crippen molar-refractivity contribution < 1.29 is 9.90 Å². The summed E-state index contributed by atoms with van der Waals surface area (Å²) < 4.78 is 0. The molecule has 0 rings (SSSR count). The van der Waals surface area contributed by atoms with Crippen LogP contribution in [0.4, 0.5) is 0 Å². The number of carboxylic acid groups (broad SMARTS) is 1. The SMILES string of the molecule is C/C=C(N)\C=C(/C)CC(=O)O.CC. The molecule has 0 aromatic rings. The Bertz CT molecular complexity index is 205. The van der Waals surface area contributed by atoms with Crippen molar-refractivity contribution in [3.05, 3.63) is 23.4 Å². The quantitative estimate of drug-likeness (QED) is 0.663. The number of nitrogens with two attached hydrogens (primary N) is 1. The topological polar surface area (TPSA) is 63.3 Å². The van der Waals surface area contributed by atoms with Crippen molar-refractivity contribution in [1.29, 1.82) is 0 Å². The van der Waals surface area contributed by atoms with Crippen LogP contribution in [0.25, 0.3) is 0 Å². The molecule has 0 aromatic carbocycles. The van der Waals surface area contributed by atoms with E-state index in [9.17, 15) is 4.79 Å². The first kappa shape index (κ1) is 14.3. The molecule has 0 aliphatic rings. The Balaban J connectivity index is 0. The van der Waals surface area contributed by atoms with E-state index in [0.717, 1.165) is 5.57 Å². The second-order valence-electron chi connectivity index (χ2n) is 2.35. The molecule has 3 heteroatoms. The molecule has 0 saturated heterocycles. The fraction of sp³-hybridized carbons (Fsp3) is 0.500. The van der Waals surface area contributed by atoms with Gasteiger partial charge < -0.3 is 10.8 Å². The van der Waals surface area contributed by atoms with Crippen LogP contribution in [0.1, 0.15) is 34.1 Å². The van der Waals surface area contributed by atoms with Crippen LogP contribution < -0.4 is 5.73 Å². The number of hydrogen-bond acceptors (Lipinski definition) is 2. The average Bonchev–Trinajstić information content (AvgIpc) is 2.06.